The third-order valence-corrected chi connectivity index (χ3v) is 6.77. The van der Waals surface area contributed by atoms with Crippen LogP contribution >= 0.6 is 11.3 Å². The van der Waals surface area contributed by atoms with Gasteiger partial charge in [-0.25, -0.2) is 4.68 Å². The summed E-state index contributed by atoms with van der Waals surface area (Å²) in [5.74, 6) is 0.274. The molecule has 9 nitrogen and oxygen atoms in total. The van der Waals surface area contributed by atoms with Gasteiger partial charge in [-0.05, 0) is 58.7 Å². The number of fused-ring (bicyclic) bond motifs is 1. The molecule has 4 rings (SSSR count). The molecule has 1 atom stereocenters. The highest BCUT2D eigenvalue weighted by Gasteiger charge is 2.31. The van der Waals surface area contributed by atoms with Crippen LogP contribution in [0.5, 0.6) is 0 Å². The second-order valence-corrected chi connectivity index (χ2v) is 9.87. The molecule has 0 fully saturated rings. The maximum absolute atomic E-state index is 13.1. The molecule has 0 bridgehead atoms. The van der Waals surface area contributed by atoms with Crippen LogP contribution in [0, 0.1) is 12.8 Å². The van der Waals surface area contributed by atoms with Gasteiger partial charge in [0.2, 0.25) is 0 Å². The van der Waals surface area contributed by atoms with Crippen LogP contribution in [-0.2, 0) is 29.2 Å². The SMILES string of the molecule is CCOC(=O)Cn1nnnc1[C@@H](C(C)C)N(Cc1cccs1)Cc1cc2cccc(C)c2[nH]c1=O. The van der Waals surface area contributed by atoms with Gasteiger partial charge in [0.25, 0.3) is 5.56 Å². The number of carbonyl (C=O) groups excluding carboxylic acids is 1. The lowest BCUT2D eigenvalue weighted by atomic mass is 10.00. The van der Waals surface area contributed by atoms with E-state index in [-0.39, 0.29) is 24.1 Å². The first-order chi connectivity index (χ1) is 16.9. The summed E-state index contributed by atoms with van der Waals surface area (Å²) >= 11 is 1.66. The Hall–Kier alpha value is -3.37. The number of para-hydroxylation sites is 1. The lowest BCUT2D eigenvalue weighted by molar-refractivity contribution is -0.144. The van der Waals surface area contributed by atoms with Crippen LogP contribution in [0.3, 0.4) is 0 Å². The molecule has 1 aromatic carbocycles. The number of aromatic amines is 1. The normalized spacial score (nSPS) is 12.5. The van der Waals surface area contributed by atoms with Gasteiger partial charge in [-0.2, -0.15) is 0 Å². The zero-order valence-corrected chi connectivity index (χ0v) is 21.2. The number of hydrogen-bond donors (Lipinski definition) is 1. The van der Waals surface area contributed by atoms with Gasteiger partial charge in [0.15, 0.2) is 5.82 Å². The number of H-pyrrole nitrogens is 1. The van der Waals surface area contributed by atoms with Crippen molar-refractivity contribution in [2.75, 3.05) is 6.61 Å². The van der Waals surface area contributed by atoms with Crippen LogP contribution in [0.15, 0.2) is 46.6 Å². The maximum atomic E-state index is 13.1. The van der Waals surface area contributed by atoms with Crippen molar-refractivity contribution in [3.05, 3.63) is 74.0 Å². The quantitative estimate of drug-likeness (QED) is 0.334. The molecule has 0 radical (unpaired) electrons. The first-order valence-corrected chi connectivity index (χ1v) is 12.5. The lowest BCUT2D eigenvalue weighted by Gasteiger charge is -2.33. The van der Waals surface area contributed by atoms with Gasteiger partial charge in [-0.15, -0.1) is 16.4 Å². The highest BCUT2D eigenvalue weighted by atomic mass is 32.1. The molecule has 10 heteroatoms. The second-order valence-electron chi connectivity index (χ2n) is 8.84. The smallest absolute Gasteiger partial charge is 0.327 e. The summed E-state index contributed by atoms with van der Waals surface area (Å²) in [4.78, 5) is 31.7. The molecule has 0 amide bonds. The van der Waals surface area contributed by atoms with Crippen molar-refractivity contribution in [1.82, 2.24) is 30.1 Å². The molecule has 0 aliphatic rings. The molecular weight excluding hydrogens is 464 g/mol. The molecule has 4 aromatic rings. The molecule has 3 heterocycles. The summed E-state index contributed by atoms with van der Waals surface area (Å²) in [6.07, 6.45) is 0. The summed E-state index contributed by atoms with van der Waals surface area (Å²) < 4.78 is 6.60. The van der Waals surface area contributed by atoms with E-state index < -0.39 is 5.97 Å². The van der Waals surface area contributed by atoms with Crippen LogP contribution in [0.25, 0.3) is 10.9 Å². The Labute approximate surface area is 207 Å². The number of aromatic nitrogens is 5. The summed E-state index contributed by atoms with van der Waals surface area (Å²) in [5, 5.41) is 15.2. The van der Waals surface area contributed by atoms with E-state index in [4.69, 9.17) is 4.74 Å². The number of thiophene rings is 1. The minimum absolute atomic E-state index is 0.0674. The number of carbonyl (C=O) groups is 1. The number of rotatable bonds is 10. The molecule has 0 aliphatic heterocycles. The third-order valence-electron chi connectivity index (χ3n) is 5.91. The van der Waals surface area contributed by atoms with Crippen LogP contribution < -0.4 is 5.56 Å². The number of hydrogen-bond acceptors (Lipinski definition) is 8. The molecule has 1 N–H and O–H groups in total. The van der Waals surface area contributed by atoms with E-state index >= 15 is 0 Å². The van der Waals surface area contributed by atoms with Gasteiger partial charge in [-0.1, -0.05) is 38.1 Å². The third kappa shape index (κ3) is 5.66. The minimum atomic E-state index is -0.394. The van der Waals surface area contributed by atoms with E-state index in [1.165, 1.54) is 4.68 Å². The fourth-order valence-corrected chi connectivity index (χ4v) is 5.10. The van der Waals surface area contributed by atoms with Gasteiger partial charge in [0, 0.05) is 23.5 Å². The van der Waals surface area contributed by atoms with Crippen LogP contribution in [0.1, 0.15) is 48.6 Å². The minimum Gasteiger partial charge on any atom is -0.465 e. The molecular formula is C25H30N6O3S. The molecule has 35 heavy (non-hydrogen) atoms. The summed E-state index contributed by atoms with van der Waals surface area (Å²) in [6.45, 7) is 9.15. The summed E-state index contributed by atoms with van der Waals surface area (Å²) in [7, 11) is 0. The zero-order valence-electron chi connectivity index (χ0n) is 20.4. The van der Waals surface area contributed by atoms with E-state index in [0.29, 0.717) is 31.1 Å². The lowest BCUT2D eigenvalue weighted by Crippen LogP contribution is -2.35. The molecule has 0 aliphatic carbocycles. The van der Waals surface area contributed by atoms with Crippen molar-refractivity contribution in [3.8, 4) is 0 Å². The number of esters is 1. The number of benzene rings is 1. The maximum Gasteiger partial charge on any atom is 0.327 e. The number of aryl methyl sites for hydroxylation is 1. The predicted octanol–water partition coefficient (Wildman–Crippen LogP) is 3.85. The number of nitrogens with one attached hydrogen (secondary N) is 1. The van der Waals surface area contributed by atoms with Gasteiger partial charge in [0.1, 0.15) is 6.54 Å². The number of ether oxygens (including phenoxy) is 1. The van der Waals surface area contributed by atoms with Crippen LogP contribution in [0.2, 0.25) is 0 Å². The Morgan fingerprint density at radius 2 is 2.06 bits per heavy atom. The average Bonchev–Trinajstić information content (AvgIpc) is 3.48. The largest absolute Gasteiger partial charge is 0.465 e. The topological polar surface area (TPSA) is 106 Å². The first kappa shape index (κ1) is 24.7. The van der Waals surface area contributed by atoms with E-state index in [1.54, 1.807) is 18.3 Å². The van der Waals surface area contributed by atoms with Crippen molar-refractivity contribution >= 4 is 28.2 Å². The summed E-state index contributed by atoms with van der Waals surface area (Å²) in [6, 6.07) is 11.8. The molecule has 0 saturated heterocycles. The molecule has 0 spiro atoms. The average molecular weight is 495 g/mol. The number of pyridine rings is 1. The summed E-state index contributed by atoms with van der Waals surface area (Å²) in [5.41, 5.74) is 2.43. The Morgan fingerprint density at radius 1 is 1.23 bits per heavy atom. The van der Waals surface area contributed by atoms with Crippen molar-refractivity contribution < 1.29 is 9.53 Å². The van der Waals surface area contributed by atoms with E-state index in [9.17, 15) is 9.59 Å². The van der Waals surface area contributed by atoms with Gasteiger partial charge in [0.05, 0.1) is 18.2 Å². The van der Waals surface area contributed by atoms with Gasteiger partial charge in [-0.3, -0.25) is 14.5 Å². The van der Waals surface area contributed by atoms with Crippen LogP contribution in [-0.4, -0.2) is 42.7 Å². The van der Waals surface area contributed by atoms with Crippen LogP contribution in [0.4, 0.5) is 0 Å². The number of tetrazole rings is 1. The Kier molecular flexibility index (Phi) is 7.72. The van der Waals surface area contributed by atoms with Crippen molar-refractivity contribution in [2.45, 2.75) is 53.4 Å². The standard InChI is InChI=1S/C25H30N6O3S/c1-5-34-21(32)15-31-24(27-28-29-31)23(16(2)3)30(14-20-10-7-11-35-20)13-19-12-18-9-6-8-17(4)22(18)26-25(19)33/h6-12,16,23H,5,13-15H2,1-4H3,(H,26,33)/t23-/m1/s1. The molecule has 0 unspecified atom stereocenters. The highest BCUT2D eigenvalue weighted by Crippen LogP contribution is 2.31. The Bertz CT molecular complexity index is 1350. The molecule has 3 aromatic heterocycles. The van der Waals surface area contributed by atoms with E-state index in [2.05, 4.69) is 45.3 Å². The van der Waals surface area contributed by atoms with Crippen molar-refractivity contribution in [2.24, 2.45) is 5.92 Å². The van der Waals surface area contributed by atoms with E-state index in [1.807, 2.05) is 42.6 Å². The molecule has 184 valence electrons. The number of nitrogens with zero attached hydrogens (tertiary/aromatic N) is 5. The fourth-order valence-electron chi connectivity index (χ4n) is 4.37. The van der Waals surface area contributed by atoms with Crippen molar-refractivity contribution in [1.29, 1.82) is 0 Å². The first-order valence-electron chi connectivity index (χ1n) is 11.7. The Morgan fingerprint density at radius 3 is 2.77 bits per heavy atom. The zero-order chi connectivity index (χ0) is 24.9. The predicted molar refractivity (Wildman–Crippen MR) is 135 cm³/mol. The highest BCUT2D eigenvalue weighted by molar-refractivity contribution is 7.09. The monoisotopic (exact) mass is 494 g/mol. The molecule has 0 saturated carbocycles. The second kappa shape index (κ2) is 10.9. The van der Waals surface area contributed by atoms with Crippen molar-refractivity contribution in [3.63, 3.8) is 0 Å². The van der Waals surface area contributed by atoms with Gasteiger partial charge >= 0.3 is 5.97 Å². The van der Waals surface area contributed by atoms with E-state index in [0.717, 1.165) is 21.3 Å². The Balaban J connectivity index is 1.74. The van der Waals surface area contributed by atoms with Gasteiger partial charge < -0.3 is 9.72 Å². The fraction of sp³-hybridized carbons (Fsp3) is 0.400.